The van der Waals surface area contributed by atoms with Crippen molar-refractivity contribution in [1.82, 2.24) is 19.9 Å². The highest BCUT2D eigenvalue weighted by Crippen LogP contribution is 2.41. The molecule has 4 rings (SSSR count). The quantitative estimate of drug-likeness (QED) is 0.823. The van der Waals surface area contributed by atoms with Gasteiger partial charge >= 0.3 is 0 Å². The van der Waals surface area contributed by atoms with Crippen molar-refractivity contribution in [1.29, 1.82) is 0 Å². The number of rotatable bonds is 4. The predicted octanol–water partition coefficient (Wildman–Crippen LogP) is 1.63. The van der Waals surface area contributed by atoms with Crippen LogP contribution >= 0.6 is 0 Å². The van der Waals surface area contributed by atoms with Gasteiger partial charge in [0.1, 0.15) is 0 Å². The first-order chi connectivity index (χ1) is 12.2. The van der Waals surface area contributed by atoms with Crippen molar-refractivity contribution < 1.29 is 14.1 Å². The molecule has 1 atom stereocenters. The maximum absolute atomic E-state index is 13.3. The fourth-order valence-electron chi connectivity index (χ4n) is 4.61. The molecule has 7 heteroatoms. The number of amides is 1. The minimum absolute atomic E-state index is 0.204. The fourth-order valence-corrected chi connectivity index (χ4v) is 4.61. The Bertz CT molecular complexity index is 613. The lowest BCUT2D eigenvalue weighted by atomic mass is 9.77. The van der Waals surface area contributed by atoms with E-state index in [0.29, 0.717) is 24.4 Å². The number of carbonyl (C=O) groups excluding carboxylic acids is 1. The van der Waals surface area contributed by atoms with Gasteiger partial charge in [0.2, 0.25) is 11.8 Å². The first-order valence-electron chi connectivity index (χ1n) is 9.63. The molecular formula is C18H28N4O3. The van der Waals surface area contributed by atoms with Crippen molar-refractivity contribution >= 4 is 5.91 Å². The second-order valence-electron chi connectivity index (χ2n) is 7.64. The Morgan fingerprint density at radius 3 is 2.84 bits per heavy atom. The van der Waals surface area contributed by atoms with Gasteiger partial charge in [-0.15, -0.1) is 0 Å². The summed E-state index contributed by atoms with van der Waals surface area (Å²) in [5, 5.41) is 3.97. The lowest BCUT2D eigenvalue weighted by Gasteiger charge is -2.44. The molecule has 0 radical (unpaired) electrons. The highest BCUT2D eigenvalue weighted by atomic mass is 16.5. The number of piperidine rings is 1. The SMILES string of the molecule is CCc1noc(CN2CC[C@]3(CCCN(C4CCOCC4)C3=O)C2)n1. The highest BCUT2D eigenvalue weighted by Gasteiger charge is 2.49. The van der Waals surface area contributed by atoms with Crippen LogP contribution in [-0.2, 0) is 22.5 Å². The van der Waals surface area contributed by atoms with Crippen LogP contribution in [0.5, 0.6) is 0 Å². The third-order valence-corrected chi connectivity index (χ3v) is 6.02. The molecule has 0 N–H and O–H groups in total. The number of hydrogen-bond donors (Lipinski definition) is 0. The standard InChI is InChI=1S/C18H28N4O3/c1-2-15-19-16(25-20-15)12-21-9-7-18(13-21)6-3-8-22(17(18)23)14-4-10-24-11-5-14/h14H,2-13H2,1H3/t18-/m1/s1. The van der Waals surface area contributed by atoms with E-state index >= 15 is 0 Å². The van der Waals surface area contributed by atoms with Gasteiger partial charge in [-0.05, 0) is 38.6 Å². The Hall–Kier alpha value is -1.47. The third-order valence-electron chi connectivity index (χ3n) is 6.02. The van der Waals surface area contributed by atoms with Crippen LogP contribution in [0.1, 0.15) is 50.7 Å². The molecule has 3 aliphatic heterocycles. The topological polar surface area (TPSA) is 71.7 Å². The zero-order valence-corrected chi connectivity index (χ0v) is 15.1. The largest absolute Gasteiger partial charge is 0.381 e. The van der Waals surface area contributed by atoms with E-state index in [9.17, 15) is 4.79 Å². The summed E-state index contributed by atoms with van der Waals surface area (Å²) in [4.78, 5) is 22.2. The average molecular weight is 348 g/mol. The maximum atomic E-state index is 13.3. The van der Waals surface area contributed by atoms with Gasteiger partial charge in [0.15, 0.2) is 5.82 Å². The molecule has 1 aromatic heterocycles. The van der Waals surface area contributed by atoms with Gasteiger partial charge in [0.05, 0.1) is 12.0 Å². The summed E-state index contributed by atoms with van der Waals surface area (Å²) in [6.45, 7) is 6.89. The molecule has 3 saturated heterocycles. The molecule has 1 amide bonds. The number of ether oxygens (including phenoxy) is 1. The monoisotopic (exact) mass is 348 g/mol. The fraction of sp³-hybridized carbons (Fsp3) is 0.833. The highest BCUT2D eigenvalue weighted by molar-refractivity contribution is 5.84. The molecule has 25 heavy (non-hydrogen) atoms. The van der Waals surface area contributed by atoms with Crippen LogP contribution in [0.4, 0.5) is 0 Å². The van der Waals surface area contributed by atoms with Crippen LogP contribution < -0.4 is 0 Å². The van der Waals surface area contributed by atoms with Gasteiger partial charge in [-0.25, -0.2) is 0 Å². The van der Waals surface area contributed by atoms with Crippen molar-refractivity contribution in [2.24, 2.45) is 5.41 Å². The van der Waals surface area contributed by atoms with E-state index in [0.717, 1.165) is 77.2 Å². The molecule has 0 aromatic carbocycles. The lowest BCUT2D eigenvalue weighted by Crippen LogP contribution is -2.54. The minimum atomic E-state index is -0.204. The molecule has 0 unspecified atom stereocenters. The first-order valence-corrected chi connectivity index (χ1v) is 9.63. The van der Waals surface area contributed by atoms with Crippen LogP contribution in [0.2, 0.25) is 0 Å². The number of carbonyl (C=O) groups is 1. The molecule has 0 aliphatic carbocycles. The van der Waals surface area contributed by atoms with Crippen molar-refractivity contribution in [3.63, 3.8) is 0 Å². The zero-order valence-electron chi connectivity index (χ0n) is 15.1. The number of aryl methyl sites for hydroxylation is 1. The zero-order chi connectivity index (χ0) is 17.3. The summed E-state index contributed by atoms with van der Waals surface area (Å²) in [5.41, 5.74) is -0.204. The number of likely N-dealkylation sites (tertiary alicyclic amines) is 2. The molecule has 0 saturated carbocycles. The Morgan fingerprint density at radius 1 is 1.24 bits per heavy atom. The van der Waals surface area contributed by atoms with Gasteiger partial charge in [0, 0.05) is 38.8 Å². The van der Waals surface area contributed by atoms with E-state index in [1.165, 1.54) is 0 Å². The third kappa shape index (κ3) is 3.31. The van der Waals surface area contributed by atoms with Gasteiger partial charge in [-0.2, -0.15) is 4.98 Å². The van der Waals surface area contributed by atoms with Crippen LogP contribution in [0, 0.1) is 5.41 Å². The van der Waals surface area contributed by atoms with Crippen LogP contribution in [0.15, 0.2) is 4.52 Å². The Balaban J connectivity index is 1.41. The van der Waals surface area contributed by atoms with Crippen LogP contribution in [0.25, 0.3) is 0 Å². The lowest BCUT2D eigenvalue weighted by molar-refractivity contribution is -0.150. The van der Waals surface area contributed by atoms with Crippen LogP contribution in [0.3, 0.4) is 0 Å². The van der Waals surface area contributed by atoms with Crippen molar-refractivity contribution in [3.05, 3.63) is 11.7 Å². The number of nitrogens with zero attached hydrogens (tertiary/aromatic N) is 4. The summed E-state index contributed by atoms with van der Waals surface area (Å²) < 4.78 is 10.8. The van der Waals surface area contributed by atoms with E-state index < -0.39 is 0 Å². The molecule has 138 valence electrons. The van der Waals surface area contributed by atoms with Crippen molar-refractivity contribution in [3.8, 4) is 0 Å². The minimum Gasteiger partial charge on any atom is -0.381 e. The summed E-state index contributed by atoms with van der Waals surface area (Å²) in [6.07, 6.45) is 5.80. The smallest absolute Gasteiger partial charge is 0.240 e. The molecule has 3 fully saturated rings. The molecular weight excluding hydrogens is 320 g/mol. The molecule has 1 aromatic rings. The normalized spacial score (nSPS) is 29.0. The molecule has 3 aliphatic rings. The Morgan fingerprint density at radius 2 is 2.08 bits per heavy atom. The van der Waals surface area contributed by atoms with E-state index in [4.69, 9.17) is 9.26 Å². The summed E-state index contributed by atoms with van der Waals surface area (Å²) in [5.74, 6) is 1.79. The summed E-state index contributed by atoms with van der Waals surface area (Å²) in [6, 6.07) is 0.371. The number of aromatic nitrogens is 2. The Labute approximate surface area is 148 Å². The molecule has 1 spiro atoms. The second-order valence-corrected chi connectivity index (χ2v) is 7.64. The van der Waals surface area contributed by atoms with E-state index in [1.807, 2.05) is 6.92 Å². The van der Waals surface area contributed by atoms with Gasteiger partial charge in [0.25, 0.3) is 0 Å². The molecule has 7 nitrogen and oxygen atoms in total. The average Bonchev–Trinajstić information content (AvgIpc) is 3.26. The van der Waals surface area contributed by atoms with E-state index in [1.54, 1.807) is 0 Å². The van der Waals surface area contributed by atoms with E-state index in [-0.39, 0.29) is 5.41 Å². The first kappa shape index (κ1) is 17.0. The summed E-state index contributed by atoms with van der Waals surface area (Å²) in [7, 11) is 0. The number of hydrogen-bond acceptors (Lipinski definition) is 6. The maximum Gasteiger partial charge on any atom is 0.240 e. The van der Waals surface area contributed by atoms with E-state index in [2.05, 4.69) is 19.9 Å². The molecule has 4 heterocycles. The second kappa shape index (κ2) is 7.03. The van der Waals surface area contributed by atoms with Gasteiger partial charge in [-0.1, -0.05) is 12.1 Å². The van der Waals surface area contributed by atoms with Crippen molar-refractivity contribution in [2.45, 2.75) is 58.0 Å². The predicted molar refractivity (Wildman–Crippen MR) is 90.8 cm³/mol. The molecule has 0 bridgehead atoms. The van der Waals surface area contributed by atoms with Crippen LogP contribution in [-0.4, -0.2) is 64.7 Å². The van der Waals surface area contributed by atoms with Crippen molar-refractivity contribution in [2.75, 3.05) is 32.8 Å². The van der Waals surface area contributed by atoms with Gasteiger partial charge < -0.3 is 14.2 Å². The Kier molecular flexibility index (Phi) is 4.78. The summed E-state index contributed by atoms with van der Waals surface area (Å²) >= 11 is 0. The van der Waals surface area contributed by atoms with Gasteiger partial charge in [-0.3, -0.25) is 9.69 Å².